The number of hydrogen-bond acceptors (Lipinski definition) is 3. The van der Waals surface area contributed by atoms with E-state index in [9.17, 15) is 0 Å². The minimum absolute atomic E-state index is 0.0925. The summed E-state index contributed by atoms with van der Waals surface area (Å²) in [6.45, 7) is 1.97. The molecule has 3 heteroatoms. The summed E-state index contributed by atoms with van der Waals surface area (Å²) < 4.78 is 0. The lowest BCUT2D eigenvalue weighted by molar-refractivity contribution is 0.209. The Hall–Kier alpha value is -0.570. The summed E-state index contributed by atoms with van der Waals surface area (Å²) in [7, 11) is 1.47. The van der Waals surface area contributed by atoms with E-state index in [1.165, 1.54) is 7.11 Å². The van der Waals surface area contributed by atoms with E-state index < -0.39 is 0 Å². The summed E-state index contributed by atoms with van der Waals surface area (Å²) in [6, 6.07) is 0. The lowest BCUT2D eigenvalue weighted by atomic mass is 10.2. The van der Waals surface area contributed by atoms with Crippen LogP contribution in [0, 0.1) is 5.92 Å². The van der Waals surface area contributed by atoms with Gasteiger partial charge in [-0.2, -0.15) is 0 Å². The molecule has 0 fully saturated rings. The summed E-state index contributed by atoms with van der Waals surface area (Å²) >= 11 is 0. The smallest absolute Gasteiger partial charge is 0.106 e. The predicted molar refractivity (Wildman–Crippen MR) is 31.8 cm³/mol. The van der Waals surface area contributed by atoms with Crippen molar-refractivity contribution >= 4 is 6.21 Å². The largest absolute Gasteiger partial charge is 0.399 e. The van der Waals surface area contributed by atoms with Gasteiger partial charge in [-0.05, 0) is 0 Å². The maximum Gasteiger partial charge on any atom is 0.106 e. The summed E-state index contributed by atoms with van der Waals surface area (Å²) in [5, 5.41) is 11.9. The van der Waals surface area contributed by atoms with Crippen LogP contribution in [0.5, 0.6) is 0 Å². The number of aliphatic hydroxyl groups is 1. The highest BCUT2D eigenvalue weighted by atomic mass is 16.6. The molecule has 0 aliphatic rings. The molecule has 0 aromatic carbocycles. The lowest BCUT2D eigenvalue weighted by Crippen LogP contribution is -2.00. The van der Waals surface area contributed by atoms with Crippen LogP contribution in [0.2, 0.25) is 0 Å². The molecule has 0 aliphatic heterocycles. The first-order chi connectivity index (χ1) is 3.81. The van der Waals surface area contributed by atoms with Crippen LogP contribution in [-0.4, -0.2) is 25.0 Å². The van der Waals surface area contributed by atoms with E-state index in [-0.39, 0.29) is 12.5 Å². The third-order valence-electron chi connectivity index (χ3n) is 0.709. The van der Waals surface area contributed by atoms with Gasteiger partial charge in [-0.1, -0.05) is 12.1 Å². The Morgan fingerprint density at radius 2 is 2.50 bits per heavy atom. The van der Waals surface area contributed by atoms with E-state index in [1.54, 1.807) is 6.21 Å². The molecule has 0 amide bonds. The van der Waals surface area contributed by atoms with Crippen LogP contribution in [0.4, 0.5) is 0 Å². The van der Waals surface area contributed by atoms with E-state index in [0.29, 0.717) is 0 Å². The van der Waals surface area contributed by atoms with Crippen LogP contribution >= 0.6 is 0 Å². The second-order valence-corrected chi connectivity index (χ2v) is 1.60. The molecule has 8 heavy (non-hydrogen) atoms. The van der Waals surface area contributed by atoms with Crippen molar-refractivity contribution in [3.8, 4) is 0 Å². The normalized spacial score (nSPS) is 14.4. The second kappa shape index (κ2) is 4.59. The van der Waals surface area contributed by atoms with Crippen molar-refractivity contribution in [1.82, 2.24) is 0 Å². The molecular weight excluding hydrogens is 106 g/mol. The van der Waals surface area contributed by atoms with Gasteiger partial charge in [0.1, 0.15) is 7.11 Å². The number of nitrogens with zero attached hydrogens (tertiary/aromatic N) is 1. The highest BCUT2D eigenvalue weighted by Crippen LogP contribution is 1.85. The topological polar surface area (TPSA) is 41.8 Å². The van der Waals surface area contributed by atoms with Gasteiger partial charge >= 0.3 is 0 Å². The SMILES string of the molecule is CO/N=C/[C@@H](C)CO. The van der Waals surface area contributed by atoms with Gasteiger partial charge in [-0.3, -0.25) is 0 Å². The van der Waals surface area contributed by atoms with E-state index in [4.69, 9.17) is 5.11 Å². The van der Waals surface area contributed by atoms with Gasteiger partial charge in [0, 0.05) is 12.1 Å². The van der Waals surface area contributed by atoms with Crippen molar-refractivity contribution in [2.24, 2.45) is 11.1 Å². The number of oxime groups is 1. The van der Waals surface area contributed by atoms with E-state index in [2.05, 4.69) is 9.99 Å². The Morgan fingerprint density at radius 3 is 2.88 bits per heavy atom. The Labute approximate surface area is 49.0 Å². The van der Waals surface area contributed by atoms with Crippen molar-refractivity contribution in [1.29, 1.82) is 0 Å². The molecule has 0 saturated carbocycles. The first-order valence-electron chi connectivity index (χ1n) is 2.48. The maximum atomic E-state index is 8.41. The van der Waals surface area contributed by atoms with Gasteiger partial charge in [0.25, 0.3) is 0 Å². The lowest BCUT2D eigenvalue weighted by Gasteiger charge is -1.94. The molecule has 0 aromatic heterocycles. The van der Waals surface area contributed by atoms with Crippen LogP contribution in [0.25, 0.3) is 0 Å². The zero-order chi connectivity index (χ0) is 6.41. The van der Waals surface area contributed by atoms with Crippen LogP contribution in [0.3, 0.4) is 0 Å². The van der Waals surface area contributed by atoms with Crippen molar-refractivity contribution in [2.75, 3.05) is 13.7 Å². The van der Waals surface area contributed by atoms with Crippen LogP contribution in [-0.2, 0) is 4.84 Å². The van der Waals surface area contributed by atoms with Crippen molar-refractivity contribution < 1.29 is 9.94 Å². The summed E-state index contributed by atoms with van der Waals surface area (Å²) in [6.07, 6.45) is 1.56. The zero-order valence-electron chi connectivity index (χ0n) is 5.16. The second-order valence-electron chi connectivity index (χ2n) is 1.60. The Bertz CT molecular complexity index is 72.8. The first-order valence-corrected chi connectivity index (χ1v) is 2.48. The molecule has 3 nitrogen and oxygen atoms in total. The Morgan fingerprint density at radius 1 is 1.88 bits per heavy atom. The summed E-state index contributed by atoms with van der Waals surface area (Å²) in [4.78, 5) is 4.37. The monoisotopic (exact) mass is 117 g/mol. The van der Waals surface area contributed by atoms with Crippen LogP contribution in [0.1, 0.15) is 6.92 Å². The minimum Gasteiger partial charge on any atom is -0.399 e. The fourth-order valence-corrected chi connectivity index (χ4v) is 0.212. The van der Waals surface area contributed by atoms with Gasteiger partial charge in [0.05, 0.1) is 6.61 Å². The molecule has 0 bridgehead atoms. The molecule has 0 spiro atoms. The predicted octanol–water partition coefficient (Wildman–Crippen LogP) is 0.247. The molecule has 0 aromatic rings. The molecule has 48 valence electrons. The Balaban J connectivity index is 3.21. The van der Waals surface area contributed by atoms with Gasteiger partial charge in [0.2, 0.25) is 0 Å². The molecule has 0 heterocycles. The average molecular weight is 117 g/mol. The molecule has 1 atom stereocenters. The van der Waals surface area contributed by atoms with E-state index >= 15 is 0 Å². The third kappa shape index (κ3) is 3.61. The van der Waals surface area contributed by atoms with E-state index in [1.807, 2.05) is 6.92 Å². The highest BCUT2D eigenvalue weighted by Gasteiger charge is 1.90. The van der Waals surface area contributed by atoms with Gasteiger partial charge in [-0.25, -0.2) is 0 Å². The van der Waals surface area contributed by atoms with Gasteiger partial charge < -0.3 is 9.94 Å². The highest BCUT2D eigenvalue weighted by molar-refractivity contribution is 5.59. The number of rotatable bonds is 3. The van der Waals surface area contributed by atoms with Crippen molar-refractivity contribution in [3.05, 3.63) is 0 Å². The molecule has 0 rings (SSSR count). The summed E-state index contributed by atoms with van der Waals surface area (Å²) in [5.41, 5.74) is 0. The van der Waals surface area contributed by atoms with Crippen LogP contribution in [0.15, 0.2) is 5.16 Å². The molecule has 1 N–H and O–H groups in total. The maximum absolute atomic E-state index is 8.41. The van der Waals surface area contributed by atoms with E-state index in [0.717, 1.165) is 0 Å². The first kappa shape index (κ1) is 7.43. The molecule has 0 aliphatic carbocycles. The van der Waals surface area contributed by atoms with Crippen molar-refractivity contribution in [2.45, 2.75) is 6.92 Å². The number of aliphatic hydroxyl groups excluding tert-OH is 1. The van der Waals surface area contributed by atoms with Crippen molar-refractivity contribution in [3.63, 3.8) is 0 Å². The fraction of sp³-hybridized carbons (Fsp3) is 0.800. The zero-order valence-corrected chi connectivity index (χ0v) is 5.16. The standard InChI is InChI=1S/C5H11NO2/c1-5(4-7)3-6-8-2/h3,5,7H,4H2,1-2H3/b6-3+/t5-/m1/s1. The van der Waals surface area contributed by atoms with Gasteiger partial charge in [0.15, 0.2) is 0 Å². The third-order valence-corrected chi connectivity index (χ3v) is 0.709. The molecule has 0 radical (unpaired) electrons. The number of hydrogen-bond donors (Lipinski definition) is 1. The summed E-state index contributed by atoms with van der Waals surface area (Å²) in [5.74, 6) is 0.0925. The van der Waals surface area contributed by atoms with Gasteiger partial charge in [-0.15, -0.1) is 0 Å². The fourth-order valence-electron chi connectivity index (χ4n) is 0.212. The minimum atomic E-state index is 0.0925. The molecular formula is C5H11NO2. The average Bonchev–Trinajstić information content (AvgIpc) is 1.83. The Kier molecular flexibility index (Phi) is 4.26. The molecule has 0 saturated heterocycles. The molecule has 0 unspecified atom stereocenters. The van der Waals surface area contributed by atoms with Crippen LogP contribution < -0.4 is 0 Å². The quantitative estimate of drug-likeness (QED) is 0.425.